The van der Waals surface area contributed by atoms with Gasteiger partial charge in [-0.15, -0.1) is 0 Å². The first-order valence-electron chi connectivity index (χ1n) is 13.8. The van der Waals surface area contributed by atoms with Crippen LogP contribution in [0.2, 0.25) is 0 Å². The van der Waals surface area contributed by atoms with E-state index in [9.17, 15) is 9.59 Å². The van der Waals surface area contributed by atoms with Crippen LogP contribution in [0.1, 0.15) is 84.2 Å². The van der Waals surface area contributed by atoms with Crippen molar-refractivity contribution in [3.63, 3.8) is 0 Å². The smallest absolute Gasteiger partial charge is 0.339 e. The van der Waals surface area contributed by atoms with Crippen molar-refractivity contribution in [2.75, 3.05) is 0 Å². The minimum Gasteiger partial charge on any atom is -0.450 e. The molecule has 0 spiro atoms. The summed E-state index contributed by atoms with van der Waals surface area (Å²) in [6.07, 6.45) is 6.93. The Hall–Kier alpha value is -3.79. The summed E-state index contributed by atoms with van der Waals surface area (Å²) in [5, 5.41) is 0.726. The third-order valence-corrected chi connectivity index (χ3v) is 7.05. The Morgan fingerprint density at radius 2 is 1.58 bits per heavy atom. The van der Waals surface area contributed by atoms with Crippen LogP contribution in [0.3, 0.4) is 0 Å². The number of benzene rings is 3. The molecule has 0 radical (unpaired) electrons. The van der Waals surface area contributed by atoms with Gasteiger partial charge >= 0.3 is 5.97 Å². The molecule has 196 valence electrons. The summed E-state index contributed by atoms with van der Waals surface area (Å²) in [7, 11) is 0. The molecule has 0 unspecified atom stereocenters. The van der Waals surface area contributed by atoms with Crippen LogP contribution in [0.25, 0.3) is 22.2 Å². The molecule has 0 aliphatic heterocycles. The van der Waals surface area contributed by atoms with Crippen molar-refractivity contribution in [3.8, 4) is 11.3 Å². The van der Waals surface area contributed by atoms with Gasteiger partial charge in [0.25, 0.3) is 0 Å². The van der Waals surface area contributed by atoms with Crippen molar-refractivity contribution in [1.82, 2.24) is 4.98 Å². The number of aryl methyl sites for hydroxylation is 2. The molecule has 0 aliphatic rings. The SMILES string of the molecule is CCCCCCCc1ccc(-c2cc(C(=O)O[C@H](CC)C(=O)c3ccccc3)c3cccc(C)c3n2)cc1. The van der Waals surface area contributed by atoms with Crippen LogP contribution < -0.4 is 0 Å². The maximum atomic E-state index is 13.5. The summed E-state index contributed by atoms with van der Waals surface area (Å²) >= 11 is 0. The van der Waals surface area contributed by atoms with Gasteiger partial charge in [-0.25, -0.2) is 9.78 Å². The van der Waals surface area contributed by atoms with E-state index in [1.54, 1.807) is 18.2 Å². The van der Waals surface area contributed by atoms with Gasteiger partial charge in [0, 0.05) is 16.5 Å². The molecule has 0 saturated heterocycles. The average molecular weight is 508 g/mol. The first-order valence-corrected chi connectivity index (χ1v) is 13.8. The van der Waals surface area contributed by atoms with Gasteiger partial charge in [-0.2, -0.15) is 0 Å². The summed E-state index contributed by atoms with van der Waals surface area (Å²) < 4.78 is 5.82. The zero-order valence-corrected chi connectivity index (χ0v) is 22.7. The van der Waals surface area contributed by atoms with Crippen molar-refractivity contribution in [3.05, 3.63) is 101 Å². The van der Waals surface area contributed by atoms with Crippen molar-refractivity contribution in [1.29, 1.82) is 0 Å². The number of Topliss-reactive ketones (excluding diaryl/α,β-unsaturated/α-hetero) is 1. The van der Waals surface area contributed by atoms with E-state index in [0.29, 0.717) is 17.5 Å². The number of ether oxygens (including phenoxy) is 1. The second-order valence-corrected chi connectivity index (χ2v) is 9.92. The van der Waals surface area contributed by atoms with Crippen LogP contribution >= 0.6 is 0 Å². The maximum Gasteiger partial charge on any atom is 0.339 e. The van der Waals surface area contributed by atoms with Crippen LogP contribution in [-0.4, -0.2) is 22.8 Å². The number of unbranched alkanes of at least 4 members (excludes halogenated alkanes) is 4. The molecule has 0 amide bonds. The molecule has 4 heteroatoms. The fraction of sp³-hybridized carbons (Fsp3) is 0.324. The lowest BCUT2D eigenvalue weighted by molar-refractivity contribution is 0.0279. The van der Waals surface area contributed by atoms with E-state index >= 15 is 0 Å². The predicted octanol–water partition coefficient (Wildman–Crippen LogP) is 8.54. The highest BCUT2D eigenvalue weighted by Crippen LogP contribution is 2.28. The van der Waals surface area contributed by atoms with Crippen LogP contribution in [-0.2, 0) is 11.2 Å². The van der Waals surface area contributed by atoms with Crippen LogP contribution in [0.5, 0.6) is 0 Å². The molecule has 0 N–H and O–H groups in total. The molecule has 4 rings (SSSR count). The first-order chi connectivity index (χ1) is 18.5. The summed E-state index contributed by atoms with van der Waals surface area (Å²) in [6.45, 7) is 6.08. The molecule has 1 atom stereocenters. The highest BCUT2D eigenvalue weighted by atomic mass is 16.5. The fourth-order valence-electron chi connectivity index (χ4n) is 4.79. The van der Waals surface area contributed by atoms with E-state index in [1.807, 2.05) is 50.2 Å². The molecule has 1 aromatic heterocycles. The largest absolute Gasteiger partial charge is 0.450 e. The van der Waals surface area contributed by atoms with E-state index in [0.717, 1.165) is 34.1 Å². The van der Waals surface area contributed by atoms with Gasteiger partial charge in [-0.3, -0.25) is 4.79 Å². The molecule has 0 saturated carbocycles. The normalized spacial score (nSPS) is 11.9. The number of hydrogen-bond donors (Lipinski definition) is 0. The van der Waals surface area contributed by atoms with E-state index < -0.39 is 12.1 Å². The third-order valence-electron chi connectivity index (χ3n) is 7.05. The average Bonchev–Trinajstić information content (AvgIpc) is 2.96. The zero-order valence-electron chi connectivity index (χ0n) is 22.7. The number of nitrogens with zero attached hydrogens (tertiary/aromatic N) is 1. The van der Waals surface area contributed by atoms with E-state index in [4.69, 9.17) is 9.72 Å². The number of para-hydroxylation sites is 1. The van der Waals surface area contributed by atoms with Gasteiger partial charge < -0.3 is 4.74 Å². The van der Waals surface area contributed by atoms with Crippen molar-refractivity contribution >= 4 is 22.7 Å². The number of aromatic nitrogens is 1. The summed E-state index contributed by atoms with van der Waals surface area (Å²) in [5.41, 5.74) is 5.68. The van der Waals surface area contributed by atoms with Gasteiger partial charge in [0.15, 0.2) is 6.10 Å². The standard InChI is InChI=1S/C34H37NO3/c1-4-6-7-8-10-15-25-19-21-26(22-20-25)30-23-29(28-18-13-14-24(3)32(28)35-30)34(37)38-31(5-2)33(36)27-16-11-9-12-17-27/h9,11-14,16-23,31H,4-8,10,15H2,1-3H3/t31-/m1/s1. The molecule has 4 aromatic rings. The Balaban J connectivity index is 1.60. The molecular weight excluding hydrogens is 470 g/mol. The van der Waals surface area contributed by atoms with Gasteiger partial charge in [0.1, 0.15) is 0 Å². The minimum absolute atomic E-state index is 0.193. The van der Waals surface area contributed by atoms with E-state index in [-0.39, 0.29) is 5.78 Å². The molecule has 38 heavy (non-hydrogen) atoms. The van der Waals surface area contributed by atoms with E-state index in [1.165, 1.54) is 37.7 Å². The number of ketones is 1. The number of carbonyl (C=O) groups is 2. The number of hydrogen-bond acceptors (Lipinski definition) is 4. The first kappa shape index (κ1) is 27.3. The highest BCUT2D eigenvalue weighted by molar-refractivity contribution is 6.07. The third kappa shape index (κ3) is 6.55. The molecule has 0 fully saturated rings. The van der Waals surface area contributed by atoms with Crippen LogP contribution in [0.4, 0.5) is 0 Å². The van der Waals surface area contributed by atoms with Crippen molar-refractivity contribution < 1.29 is 14.3 Å². The van der Waals surface area contributed by atoms with Crippen LogP contribution in [0.15, 0.2) is 78.9 Å². The molecule has 3 aromatic carbocycles. The second-order valence-electron chi connectivity index (χ2n) is 9.92. The summed E-state index contributed by atoms with van der Waals surface area (Å²) in [4.78, 5) is 31.4. The Kier molecular flexibility index (Phi) is 9.42. The maximum absolute atomic E-state index is 13.5. The minimum atomic E-state index is -0.849. The number of fused-ring (bicyclic) bond motifs is 1. The monoisotopic (exact) mass is 507 g/mol. The predicted molar refractivity (Wildman–Crippen MR) is 155 cm³/mol. The zero-order chi connectivity index (χ0) is 26.9. The Morgan fingerprint density at radius 1 is 0.842 bits per heavy atom. The van der Waals surface area contributed by atoms with Gasteiger partial charge in [0.2, 0.25) is 5.78 Å². The quantitative estimate of drug-likeness (QED) is 0.109. The Bertz CT molecular complexity index is 1380. The van der Waals surface area contributed by atoms with Gasteiger partial charge in [-0.1, -0.05) is 112 Å². The lowest BCUT2D eigenvalue weighted by Gasteiger charge is -2.17. The van der Waals surface area contributed by atoms with E-state index in [2.05, 4.69) is 31.2 Å². The number of carbonyl (C=O) groups excluding carboxylic acids is 2. The molecule has 0 aliphatic carbocycles. The molecule has 0 bridgehead atoms. The topological polar surface area (TPSA) is 56.3 Å². The Morgan fingerprint density at radius 3 is 2.29 bits per heavy atom. The lowest BCUT2D eigenvalue weighted by Crippen LogP contribution is -2.27. The molecule has 1 heterocycles. The number of esters is 1. The molecule has 4 nitrogen and oxygen atoms in total. The second kappa shape index (κ2) is 13.1. The summed E-state index contributed by atoms with van der Waals surface area (Å²) in [6, 6.07) is 25.0. The highest BCUT2D eigenvalue weighted by Gasteiger charge is 2.25. The van der Waals surface area contributed by atoms with Crippen molar-refractivity contribution in [2.45, 2.75) is 71.8 Å². The van der Waals surface area contributed by atoms with Crippen molar-refractivity contribution in [2.24, 2.45) is 0 Å². The number of pyridine rings is 1. The molecular formula is C34H37NO3. The van der Waals surface area contributed by atoms with Gasteiger partial charge in [-0.05, 0) is 43.4 Å². The lowest BCUT2D eigenvalue weighted by atomic mass is 10.00. The van der Waals surface area contributed by atoms with Gasteiger partial charge in [0.05, 0.1) is 16.8 Å². The number of rotatable bonds is 12. The summed E-state index contributed by atoms with van der Waals surface area (Å²) in [5.74, 6) is -0.703. The van der Waals surface area contributed by atoms with Crippen LogP contribution in [0, 0.1) is 6.92 Å². The fourth-order valence-corrected chi connectivity index (χ4v) is 4.79. The Labute approximate surface area is 226 Å².